The Morgan fingerprint density at radius 2 is 1.67 bits per heavy atom. The maximum Gasteiger partial charge on any atom is 0.495 e. The molecule has 0 atom stereocenters. The number of fused-ring (bicyclic) bond motifs is 1. The summed E-state index contributed by atoms with van der Waals surface area (Å²) in [4.78, 5) is 26.0. The van der Waals surface area contributed by atoms with Crippen LogP contribution in [-0.2, 0) is 30.6 Å². The number of sulfonamides is 1. The van der Waals surface area contributed by atoms with Gasteiger partial charge < -0.3 is 23.8 Å². The molecule has 1 saturated carbocycles. The van der Waals surface area contributed by atoms with Gasteiger partial charge >= 0.3 is 13.1 Å². The highest BCUT2D eigenvalue weighted by Gasteiger charge is 2.52. The average molecular weight is 677 g/mol. The summed E-state index contributed by atoms with van der Waals surface area (Å²) in [5.74, 6) is -1.06. The fourth-order valence-electron chi connectivity index (χ4n) is 5.96. The molecule has 1 saturated heterocycles. The van der Waals surface area contributed by atoms with Crippen molar-refractivity contribution in [1.82, 2.24) is 5.32 Å². The molecule has 0 spiro atoms. The minimum Gasteiger partial charge on any atom is -0.465 e. The van der Waals surface area contributed by atoms with Crippen molar-refractivity contribution in [3.8, 4) is 11.3 Å². The molecule has 0 radical (unpaired) electrons. The molecule has 4 aromatic rings. The first-order valence-corrected chi connectivity index (χ1v) is 17.5. The van der Waals surface area contributed by atoms with E-state index in [0.717, 1.165) is 24.7 Å². The van der Waals surface area contributed by atoms with Gasteiger partial charge in [-0.3, -0.25) is 9.10 Å². The highest BCUT2D eigenvalue weighted by molar-refractivity contribution is 7.92. The number of methoxy groups -OCH3 is 1. The third kappa shape index (κ3) is 6.10. The fourth-order valence-corrected chi connectivity index (χ4v) is 6.86. The van der Waals surface area contributed by atoms with Crippen LogP contribution in [0.1, 0.15) is 78.3 Å². The highest BCUT2D eigenvalue weighted by Crippen LogP contribution is 2.48. The minimum absolute atomic E-state index is 0.0775. The molecular weight excluding hydrogens is 638 g/mol. The lowest BCUT2D eigenvalue weighted by molar-refractivity contribution is 0.00578. The topological polar surface area (TPSA) is 124 Å². The number of ether oxygens (including phenoxy) is 1. The number of esters is 1. The van der Waals surface area contributed by atoms with Crippen molar-refractivity contribution in [2.45, 2.75) is 64.2 Å². The normalized spacial score (nSPS) is 17.0. The summed E-state index contributed by atoms with van der Waals surface area (Å²) in [7, 11) is -1.97. The van der Waals surface area contributed by atoms with Gasteiger partial charge in [-0.15, -0.1) is 0 Å². The summed E-state index contributed by atoms with van der Waals surface area (Å²) < 4.78 is 66.0. The second-order valence-electron chi connectivity index (χ2n) is 13.3. The van der Waals surface area contributed by atoms with Gasteiger partial charge in [0.05, 0.1) is 47.9 Å². The van der Waals surface area contributed by atoms with Crippen LogP contribution in [0.25, 0.3) is 22.3 Å². The summed E-state index contributed by atoms with van der Waals surface area (Å²) in [6.07, 6.45) is 2.84. The predicted octanol–water partition coefficient (Wildman–Crippen LogP) is 5.53. The average Bonchev–Trinajstić information content (AvgIpc) is 3.77. The number of halogens is 1. The van der Waals surface area contributed by atoms with Gasteiger partial charge in [-0.25, -0.2) is 17.6 Å². The van der Waals surface area contributed by atoms with Crippen molar-refractivity contribution >= 4 is 51.1 Å². The van der Waals surface area contributed by atoms with Crippen LogP contribution in [0.2, 0.25) is 0 Å². The first kappa shape index (κ1) is 33.7. The molecule has 1 aliphatic heterocycles. The van der Waals surface area contributed by atoms with Crippen LogP contribution in [0.4, 0.5) is 10.1 Å². The molecule has 0 unspecified atom stereocenters. The number of nitrogens with one attached hydrogen (secondary N) is 1. The van der Waals surface area contributed by atoms with E-state index in [-0.39, 0.29) is 35.3 Å². The van der Waals surface area contributed by atoms with Crippen molar-refractivity contribution in [3.63, 3.8) is 0 Å². The van der Waals surface area contributed by atoms with Crippen LogP contribution in [0.15, 0.2) is 59.0 Å². The van der Waals surface area contributed by atoms with E-state index < -0.39 is 40.1 Å². The van der Waals surface area contributed by atoms with Crippen molar-refractivity contribution in [2.75, 3.05) is 24.7 Å². The second-order valence-corrected chi connectivity index (χ2v) is 15.3. The predicted molar refractivity (Wildman–Crippen MR) is 181 cm³/mol. The minimum atomic E-state index is -3.88. The van der Waals surface area contributed by atoms with E-state index in [2.05, 4.69) is 5.32 Å². The van der Waals surface area contributed by atoms with E-state index in [4.69, 9.17) is 18.5 Å². The molecule has 2 aliphatic rings. The molecule has 0 bridgehead atoms. The van der Waals surface area contributed by atoms with Gasteiger partial charge in [0.25, 0.3) is 5.91 Å². The Labute approximate surface area is 279 Å². The van der Waals surface area contributed by atoms with Crippen LogP contribution in [0.3, 0.4) is 0 Å². The van der Waals surface area contributed by atoms with Crippen molar-refractivity contribution in [1.29, 1.82) is 0 Å². The Bertz CT molecular complexity index is 2020. The van der Waals surface area contributed by atoms with Gasteiger partial charge in [0.1, 0.15) is 17.2 Å². The lowest BCUT2D eigenvalue weighted by Crippen LogP contribution is -2.41. The molecule has 3 aromatic carbocycles. The number of furan rings is 1. The Morgan fingerprint density at radius 3 is 2.23 bits per heavy atom. The van der Waals surface area contributed by atoms with Crippen LogP contribution < -0.4 is 15.1 Å². The molecule has 10 nitrogen and oxygen atoms in total. The number of hydrogen-bond acceptors (Lipinski definition) is 8. The number of benzene rings is 3. The van der Waals surface area contributed by atoms with E-state index in [0.29, 0.717) is 33.2 Å². The Morgan fingerprint density at radius 1 is 1.02 bits per heavy atom. The first-order chi connectivity index (χ1) is 22.5. The number of carbonyl (C=O) groups excluding carboxylic acids is 2. The van der Waals surface area contributed by atoms with Crippen molar-refractivity contribution in [2.24, 2.45) is 0 Å². The largest absolute Gasteiger partial charge is 0.495 e. The lowest BCUT2D eigenvalue weighted by Gasteiger charge is -2.32. The quantitative estimate of drug-likeness (QED) is 0.181. The Kier molecular flexibility index (Phi) is 8.46. The molecular formula is C35H38BFN2O8S. The molecule has 13 heteroatoms. The molecule has 1 amide bonds. The molecule has 1 aromatic heterocycles. The zero-order valence-corrected chi connectivity index (χ0v) is 28.8. The van der Waals surface area contributed by atoms with Gasteiger partial charge in [0, 0.05) is 24.1 Å². The van der Waals surface area contributed by atoms with Gasteiger partial charge in [-0.05, 0) is 99.4 Å². The molecule has 1 N–H and O–H groups in total. The second kappa shape index (κ2) is 12.0. The maximum absolute atomic E-state index is 13.8. The Balaban J connectivity index is 1.48. The number of nitrogens with zero attached hydrogens (tertiary/aromatic N) is 1. The molecule has 48 heavy (non-hydrogen) atoms. The van der Waals surface area contributed by atoms with E-state index in [1.165, 1.54) is 42.7 Å². The fraction of sp³-hybridized carbons (Fsp3) is 0.371. The van der Waals surface area contributed by atoms with Crippen LogP contribution in [0.5, 0.6) is 0 Å². The van der Waals surface area contributed by atoms with Crippen LogP contribution in [0, 0.1) is 5.82 Å². The summed E-state index contributed by atoms with van der Waals surface area (Å²) in [5, 5.41) is 3.19. The van der Waals surface area contributed by atoms with E-state index in [1.54, 1.807) is 24.3 Å². The van der Waals surface area contributed by atoms with Gasteiger partial charge in [-0.2, -0.15) is 0 Å². The third-order valence-corrected chi connectivity index (χ3v) is 10.6. The third-order valence-electron chi connectivity index (χ3n) is 9.44. The summed E-state index contributed by atoms with van der Waals surface area (Å²) >= 11 is 0. The maximum atomic E-state index is 13.8. The molecule has 1 aliphatic carbocycles. The zero-order chi connectivity index (χ0) is 34.8. The first-order valence-electron chi connectivity index (χ1n) is 15.7. The standard InChI is InChI=1S/C35H38BFN2O8S/c1-34(2)35(3,4)47-36(46-34)27-16-20(8-15-24(27)33(41)44-6)19-39(48(7,42)43)28-18-29-26(17-25(28)21-9-10-21)30(32(40)38-5)31(45-29)22-11-13-23(37)14-12-22/h8,11-18,21H,9-10,19H2,1-7H3,(H,38,40). The Hall–Kier alpha value is -4.20. The number of anilines is 1. The van der Waals surface area contributed by atoms with Gasteiger partial charge in [0.15, 0.2) is 0 Å². The smallest absolute Gasteiger partial charge is 0.465 e. The number of hydrogen-bond donors (Lipinski definition) is 1. The van der Waals surface area contributed by atoms with Gasteiger partial charge in [-0.1, -0.05) is 12.1 Å². The summed E-state index contributed by atoms with van der Waals surface area (Å²) in [6.45, 7) is 7.54. The van der Waals surface area contributed by atoms with E-state index >= 15 is 0 Å². The van der Waals surface area contributed by atoms with E-state index in [1.807, 2.05) is 33.8 Å². The molecule has 2 fully saturated rings. The van der Waals surface area contributed by atoms with Crippen molar-refractivity contribution in [3.05, 3.63) is 82.7 Å². The van der Waals surface area contributed by atoms with Crippen molar-refractivity contribution < 1.29 is 40.9 Å². The highest BCUT2D eigenvalue weighted by atomic mass is 32.2. The monoisotopic (exact) mass is 676 g/mol. The van der Waals surface area contributed by atoms with Crippen LogP contribution in [-0.4, -0.2) is 59.0 Å². The zero-order valence-electron chi connectivity index (χ0n) is 28.0. The summed E-state index contributed by atoms with van der Waals surface area (Å²) in [6, 6.07) is 14.1. The summed E-state index contributed by atoms with van der Waals surface area (Å²) in [5.41, 5.74) is 2.16. The number of carbonyl (C=O) groups is 2. The van der Waals surface area contributed by atoms with Crippen LogP contribution >= 0.6 is 0 Å². The van der Waals surface area contributed by atoms with Gasteiger partial charge in [0.2, 0.25) is 10.0 Å². The molecule has 252 valence electrons. The lowest BCUT2D eigenvalue weighted by atomic mass is 9.75. The van der Waals surface area contributed by atoms with E-state index in [9.17, 15) is 22.4 Å². The SMILES string of the molecule is CNC(=O)c1c(-c2ccc(F)cc2)oc2cc(N(Cc3ccc(C(=O)OC)c(B4OC(C)(C)C(C)(C)O4)c3)S(C)(=O)=O)c(C3CC3)cc12. The number of amides is 1. The molecule has 6 rings (SSSR count). The molecule has 2 heterocycles. The number of rotatable bonds is 9.